The van der Waals surface area contributed by atoms with E-state index in [2.05, 4.69) is 0 Å². The van der Waals surface area contributed by atoms with Crippen LogP contribution in [0.4, 0.5) is 0 Å². The third-order valence-corrected chi connectivity index (χ3v) is 2.66. The van der Waals surface area contributed by atoms with Crippen LogP contribution >= 0.6 is 0 Å². The molecule has 1 aromatic rings. The second-order valence-electron chi connectivity index (χ2n) is 4.09. The molecule has 0 spiro atoms. The summed E-state index contributed by atoms with van der Waals surface area (Å²) in [6.45, 7) is 2.73. The maximum atomic E-state index is 11.0. The quantitative estimate of drug-likeness (QED) is 0.456. The first-order valence-electron chi connectivity index (χ1n) is 5.74. The number of ether oxygens (including phenoxy) is 2. The van der Waals surface area contributed by atoms with Gasteiger partial charge in [-0.1, -0.05) is 12.2 Å². The number of hydrogen-bond acceptors (Lipinski definition) is 4. The molecule has 94 valence electrons. The van der Waals surface area contributed by atoms with Gasteiger partial charge in [0, 0.05) is 25.0 Å². The molecule has 0 bridgehead atoms. The normalized spacial score (nSPS) is 12.8. The van der Waals surface area contributed by atoms with Crippen LogP contribution in [0.1, 0.15) is 25.0 Å². The topological polar surface area (TPSA) is 52.6 Å². The van der Waals surface area contributed by atoms with Crippen molar-refractivity contribution in [2.24, 2.45) is 0 Å². The molecule has 0 atom stereocenters. The van der Waals surface area contributed by atoms with Crippen LogP contribution in [0.15, 0.2) is 24.3 Å². The summed E-state index contributed by atoms with van der Waals surface area (Å²) in [6.07, 6.45) is 5.36. The molecule has 0 fully saturated rings. The first kappa shape index (κ1) is 12.4. The van der Waals surface area contributed by atoms with Crippen molar-refractivity contribution in [3.05, 3.63) is 35.4 Å². The van der Waals surface area contributed by atoms with Crippen molar-refractivity contribution >= 4 is 11.9 Å². The van der Waals surface area contributed by atoms with E-state index in [9.17, 15) is 9.59 Å². The summed E-state index contributed by atoms with van der Waals surface area (Å²) < 4.78 is 10.3. The molecule has 0 saturated carbocycles. The van der Waals surface area contributed by atoms with Crippen LogP contribution < -0.4 is 9.47 Å². The van der Waals surface area contributed by atoms with Crippen LogP contribution in [-0.4, -0.2) is 11.9 Å². The zero-order chi connectivity index (χ0) is 13.1. The predicted octanol–water partition coefficient (Wildman–Crippen LogP) is 2.19. The first-order chi connectivity index (χ1) is 8.58. The Morgan fingerprint density at radius 3 is 1.61 bits per heavy atom. The number of hydrogen-bond donors (Lipinski definition) is 0. The van der Waals surface area contributed by atoms with Crippen molar-refractivity contribution in [1.82, 2.24) is 0 Å². The highest BCUT2D eigenvalue weighted by molar-refractivity contribution is 5.72. The van der Waals surface area contributed by atoms with Gasteiger partial charge in [0.05, 0.1) is 0 Å². The van der Waals surface area contributed by atoms with E-state index >= 15 is 0 Å². The largest absolute Gasteiger partial charge is 0.426 e. The zero-order valence-electron chi connectivity index (χ0n) is 10.4. The molecular weight excluding hydrogens is 232 g/mol. The summed E-state index contributed by atoms with van der Waals surface area (Å²) in [5.74, 6) is 0.370. The summed E-state index contributed by atoms with van der Waals surface area (Å²) in [6, 6.07) is 3.33. The fourth-order valence-corrected chi connectivity index (χ4v) is 2.00. The van der Waals surface area contributed by atoms with Crippen molar-refractivity contribution in [2.75, 3.05) is 0 Å². The number of carbonyl (C=O) groups excluding carboxylic acids is 2. The van der Waals surface area contributed by atoms with E-state index in [1.165, 1.54) is 13.8 Å². The molecule has 0 unspecified atom stereocenters. The van der Waals surface area contributed by atoms with Gasteiger partial charge in [-0.3, -0.25) is 9.59 Å². The van der Waals surface area contributed by atoms with E-state index in [0.717, 1.165) is 11.1 Å². The van der Waals surface area contributed by atoms with Gasteiger partial charge in [-0.2, -0.15) is 0 Å². The summed E-state index contributed by atoms with van der Waals surface area (Å²) in [4.78, 5) is 22.1. The second-order valence-corrected chi connectivity index (χ2v) is 4.09. The SMILES string of the molecule is CC(=O)Oc1ccc(OC(C)=O)c2c1CC=CC2. The average molecular weight is 246 g/mol. The minimum absolute atomic E-state index is 0.355. The minimum Gasteiger partial charge on any atom is -0.426 e. The van der Waals surface area contributed by atoms with Crippen molar-refractivity contribution in [3.8, 4) is 11.5 Å². The van der Waals surface area contributed by atoms with E-state index in [0.29, 0.717) is 24.3 Å². The van der Waals surface area contributed by atoms with Crippen LogP contribution in [0, 0.1) is 0 Å². The Morgan fingerprint density at radius 1 is 0.889 bits per heavy atom. The molecule has 1 aliphatic rings. The van der Waals surface area contributed by atoms with E-state index in [1.54, 1.807) is 12.1 Å². The van der Waals surface area contributed by atoms with Gasteiger partial charge in [-0.25, -0.2) is 0 Å². The fourth-order valence-electron chi connectivity index (χ4n) is 2.00. The fraction of sp³-hybridized carbons (Fsp3) is 0.286. The Bertz CT molecular complexity index is 482. The van der Waals surface area contributed by atoms with Gasteiger partial charge in [-0.15, -0.1) is 0 Å². The zero-order valence-corrected chi connectivity index (χ0v) is 10.4. The monoisotopic (exact) mass is 246 g/mol. The molecule has 1 aromatic carbocycles. The van der Waals surface area contributed by atoms with Crippen LogP contribution in [-0.2, 0) is 22.4 Å². The van der Waals surface area contributed by atoms with Gasteiger partial charge in [-0.05, 0) is 25.0 Å². The minimum atomic E-state index is -0.355. The third-order valence-electron chi connectivity index (χ3n) is 2.66. The van der Waals surface area contributed by atoms with Gasteiger partial charge in [0.1, 0.15) is 11.5 Å². The van der Waals surface area contributed by atoms with Crippen molar-refractivity contribution < 1.29 is 19.1 Å². The molecule has 0 radical (unpaired) electrons. The first-order valence-corrected chi connectivity index (χ1v) is 5.74. The molecular formula is C14H14O4. The van der Waals surface area contributed by atoms with Gasteiger partial charge in [0.2, 0.25) is 0 Å². The Balaban J connectivity index is 2.43. The summed E-state index contributed by atoms with van der Waals surface area (Å²) in [7, 11) is 0. The lowest BCUT2D eigenvalue weighted by molar-refractivity contribution is -0.133. The maximum Gasteiger partial charge on any atom is 0.308 e. The van der Waals surface area contributed by atoms with E-state index in [4.69, 9.17) is 9.47 Å². The Morgan fingerprint density at radius 2 is 1.28 bits per heavy atom. The number of benzene rings is 1. The van der Waals surface area contributed by atoms with Crippen molar-refractivity contribution in [2.45, 2.75) is 26.7 Å². The molecule has 1 aliphatic carbocycles. The highest BCUT2D eigenvalue weighted by Crippen LogP contribution is 2.34. The highest BCUT2D eigenvalue weighted by Gasteiger charge is 2.18. The Labute approximate surface area is 105 Å². The second kappa shape index (κ2) is 5.04. The van der Waals surface area contributed by atoms with E-state index in [-0.39, 0.29) is 11.9 Å². The van der Waals surface area contributed by atoms with Gasteiger partial charge >= 0.3 is 11.9 Å². The molecule has 18 heavy (non-hydrogen) atoms. The molecule has 0 N–H and O–H groups in total. The lowest BCUT2D eigenvalue weighted by Crippen LogP contribution is -2.10. The van der Waals surface area contributed by atoms with Crippen LogP contribution in [0.2, 0.25) is 0 Å². The van der Waals surface area contributed by atoms with Crippen LogP contribution in [0.5, 0.6) is 11.5 Å². The number of allylic oxidation sites excluding steroid dienone is 2. The predicted molar refractivity (Wildman–Crippen MR) is 65.6 cm³/mol. The van der Waals surface area contributed by atoms with Crippen LogP contribution in [0.25, 0.3) is 0 Å². The lowest BCUT2D eigenvalue weighted by atomic mass is 9.95. The van der Waals surface area contributed by atoms with Gasteiger partial charge in [0.25, 0.3) is 0 Å². The smallest absolute Gasteiger partial charge is 0.308 e. The summed E-state index contributed by atoms with van der Waals surface area (Å²) >= 11 is 0. The molecule has 0 heterocycles. The van der Waals surface area contributed by atoms with E-state index in [1.807, 2.05) is 12.2 Å². The molecule has 0 amide bonds. The lowest BCUT2D eigenvalue weighted by Gasteiger charge is -2.18. The molecule has 0 aromatic heterocycles. The van der Waals surface area contributed by atoms with Crippen LogP contribution in [0.3, 0.4) is 0 Å². The highest BCUT2D eigenvalue weighted by atomic mass is 16.5. The number of fused-ring (bicyclic) bond motifs is 1. The maximum absolute atomic E-state index is 11.0. The number of carbonyl (C=O) groups is 2. The third kappa shape index (κ3) is 2.59. The molecule has 4 heteroatoms. The number of rotatable bonds is 2. The Hall–Kier alpha value is -2.10. The van der Waals surface area contributed by atoms with Crippen molar-refractivity contribution in [1.29, 1.82) is 0 Å². The van der Waals surface area contributed by atoms with Gasteiger partial charge in [0.15, 0.2) is 0 Å². The number of esters is 2. The molecule has 4 nitrogen and oxygen atoms in total. The van der Waals surface area contributed by atoms with Gasteiger partial charge < -0.3 is 9.47 Å². The Kier molecular flexibility index (Phi) is 3.46. The van der Waals surface area contributed by atoms with E-state index < -0.39 is 0 Å². The standard InChI is InChI=1S/C14H14O4/c1-9(15)17-13-7-8-14(18-10(2)16)12-6-4-3-5-11(12)13/h3-4,7-8H,5-6H2,1-2H3. The molecule has 0 saturated heterocycles. The average Bonchev–Trinajstić information content (AvgIpc) is 2.31. The summed E-state index contributed by atoms with van der Waals surface area (Å²) in [5.41, 5.74) is 1.82. The molecule has 0 aliphatic heterocycles. The molecule has 2 rings (SSSR count). The summed E-state index contributed by atoms with van der Waals surface area (Å²) in [5, 5.41) is 0. The van der Waals surface area contributed by atoms with Crippen molar-refractivity contribution in [3.63, 3.8) is 0 Å².